The largest absolute Gasteiger partial charge is 0.379 e. The summed E-state index contributed by atoms with van der Waals surface area (Å²) in [6.45, 7) is 4.32. The Morgan fingerprint density at radius 1 is 1.43 bits per heavy atom. The van der Waals surface area contributed by atoms with Crippen LogP contribution in [0.2, 0.25) is 0 Å². The van der Waals surface area contributed by atoms with Crippen molar-refractivity contribution in [2.45, 2.75) is 25.8 Å². The summed E-state index contributed by atoms with van der Waals surface area (Å²) in [4.78, 5) is 22.4. The van der Waals surface area contributed by atoms with Crippen molar-refractivity contribution in [1.82, 2.24) is 10.6 Å². The van der Waals surface area contributed by atoms with E-state index in [-0.39, 0.29) is 30.0 Å². The molecular weight excluding hydrogens is 320 g/mol. The van der Waals surface area contributed by atoms with Crippen LogP contribution < -0.4 is 16.0 Å². The number of carbonyl (C=O) groups excluding carboxylic acids is 1. The second-order valence-corrected chi connectivity index (χ2v) is 5.60. The summed E-state index contributed by atoms with van der Waals surface area (Å²) in [5.41, 5.74) is 0.463. The SMILES string of the molecule is CC1CNCCC1NC(=O)CCNc1ccccc1[N+](=O)[O-].Cl. The molecule has 0 bridgehead atoms. The number of nitro benzene ring substituents is 1. The lowest BCUT2D eigenvalue weighted by molar-refractivity contribution is -0.384. The zero-order valence-corrected chi connectivity index (χ0v) is 13.9. The lowest BCUT2D eigenvalue weighted by atomic mass is 9.95. The first-order valence-corrected chi connectivity index (χ1v) is 7.55. The molecule has 128 valence electrons. The fourth-order valence-corrected chi connectivity index (χ4v) is 2.60. The third-order valence-corrected chi connectivity index (χ3v) is 3.90. The van der Waals surface area contributed by atoms with Gasteiger partial charge in [-0.1, -0.05) is 19.1 Å². The first-order chi connectivity index (χ1) is 10.6. The van der Waals surface area contributed by atoms with Gasteiger partial charge < -0.3 is 16.0 Å². The van der Waals surface area contributed by atoms with Crippen LogP contribution in [0.25, 0.3) is 0 Å². The molecule has 1 fully saturated rings. The number of nitro groups is 1. The number of nitrogens with zero attached hydrogens (tertiary/aromatic N) is 1. The molecular formula is C15H23ClN4O3. The molecule has 2 rings (SSSR count). The second kappa shape index (κ2) is 9.32. The lowest BCUT2D eigenvalue weighted by Gasteiger charge is -2.30. The van der Waals surface area contributed by atoms with Gasteiger partial charge in [0.15, 0.2) is 0 Å². The molecule has 0 spiro atoms. The smallest absolute Gasteiger partial charge is 0.292 e. The van der Waals surface area contributed by atoms with E-state index in [9.17, 15) is 14.9 Å². The Morgan fingerprint density at radius 2 is 2.17 bits per heavy atom. The van der Waals surface area contributed by atoms with Gasteiger partial charge in [0, 0.05) is 25.1 Å². The Balaban J connectivity index is 0.00000264. The Hall–Kier alpha value is -1.86. The number of anilines is 1. The Labute approximate surface area is 141 Å². The van der Waals surface area contributed by atoms with Gasteiger partial charge in [-0.25, -0.2) is 0 Å². The fraction of sp³-hybridized carbons (Fsp3) is 0.533. The summed E-state index contributed by atoms with van der Waals surface area (Å²) < 4.78 is 0. The van der Waals surface area contributed by atoms with Crippen LogP contribution in [0.5, 0.6) is 0 Å². The summed E-state index contributed by atoms with van der Waals surface area (Å²) in [6.07, 6.45) is 1.23. The van der Waals surface area contributed by atoms with Gasteiger partial charge in [0.1, 0.15) is 5.69 Å². The molecule has 1 amide bonds. The minimum atomic E-state index is -0.431. The fourth-order valence-electron chi connectivity index (χ4n) is 2.60. The maximum Gasteiger partial charge on any atom is 0.292 e. The lowest BCUT2D eigenvalue weighted by Crippen LogP contribution is -2.48. The number of amides is 1. The van der Waals surface area contributed by atoms with Gasteiger partial charge in [-0.3, -0.25) is 14.9 Å². The van der Waals surface area contributed by atoms with Gasteiger partial charge in [0.2, 0.25) is 5.91 Å². The molecule has 0 aliphatic carbocycles. The van der Waals surface area contributed by atoms with Crippen molar-refractivity contribution in [3.8, 4) is 0 Å². The Kier molecular flexibility index (Phi) is 7.77. The number of hydrogen-bond donors (Lipinski definition) is 3. The van der Waals surface area contributed by atoms with E-state index in [2.05, 4.69) is 22.9 Å². The van der Waals surface area contributed by atoms with Crippen molar-refractivity contribution in [3.63, 3.8) is 0 Å². The van der Waals surface area contributed by atoms with E-state index in [0.29, 0.717) is 24.6 Å². The topological polar surface area (TPSA) is 96.3 Å². The van der Waals surface area contributed by atoms with Gasteiger partial charge >= 0.3 is 0 Å². The molecule has 1 saturated heterocycles. The number of benzene rings is 1. The van der Waals surface area contributed by atoms with Gasteiger partial charge in [0.05, 0.1) is 4.92 Å². The molecule has 3 N–H and O–H groups in total. The standard InChI is InChI=1S/C15H22N4O3.ClH/c1-11-10-16-8-6-12(11)18-15(20)7-9-17-13-4-2-3-5-14(13)19(21)22;/h2-5,11-12,16-17H,6-10H2,1H3,(H,18,20);1H. The maximum atomic E-state index is 12.0. The van der Waals surface area contributed by atoms with Crippen LogP contribution in [0, 0.1) is 16.0 Å². The molecule has 1 heterocycles. The first-order valence-electron chi connectivity index (χ1n) is 7.55. The Bertz CT molecular complexity index is 541. The summed E-state index contributed by atoms with van der Waals surface area (Å²) in [6, 6.07) is 6.64. The molecule has 2 atom stereocenters. The van der Waals surface area contributed by atoms with E-state index in [1.807, 2.05) is 0 Å². The summed E-state index contributed by atoms with van der Waals surface area (Å²) in [7, 11) is 0. The Morgan fingerprint density at radius 3 is 2.87 bits per heavy atom. The quantitative estimate of drug-likeness (QED) is 0.542. The van der Waals surface area contributed by atoms with Crippen LogP contribution in [0.4, 0.5) is 11.4 Å². The van der Waals surface area contributed by atoms with Gasteiger partial charge in [-0.15, -0.1) is 12.4 Å². The van der Waals surface area contributed by atoms with Crippen molar-refractivity contribution < 1.29 is 9.72 Å². The molecule has 0 saturated carbocycles. The predicted molar refractivity (Wildman–Crippen MR) is 92.0 cm³/mol. The van der Waals surface area contributed by atoms with Gasteiger partial charge in [0.25, 0.3) is 5.69 Å². The minimum Gasteiger partial charge on any atom is -0.379 e. The number of hydrogen-bond acceptors (Lipinski definition) is 5. The number of rotatable bonds is 6. The van der Waals surface area contributed by atoms with E-state index in [4.69, 9.17) is 0 Å². The highest BCUT2D eigenvalue weighted by Crippen LogP contribution is 2.22. The normalized spacial score (nSPS) is 20.2. The van der Waals surface area contributed by atoms with Crippen LogP contribution in [-0.4, -0.2) is 36.5 Å². The predicted octanol–water partition coefficient (Wildman–Crippen LogP) is 1.93. The van der Waals surface area contributed by atoms with Crippen LogP contribution >= 0.6 is 12.4 Å². The highest BCUT2D eigenvalue weighted by Gasteiger charge is 2.22. The van der Waals surface area contributed by atoms with E-state index < -0.39 is 4.92 Å². The molecule has 8 heteroatoms. The summed E-state index contributed by atoms with van der Waals surface area (Å²) >= 11 is 0. The summed E-state index contributed by atoms with van der Waals surface area (Å²) in [5.74, 6) is 0.394. The average Bonchev–Trinajstić information content (AvgIpc) is 2.50. The minimum absolute atomic E-state index is 0. The molecule has 1 aliphatic rings. The molecule has 1 aromatic rings. The monoisotopic (exact) mass is 342 g/mol. The van der Waals surface area contributed by atoms with Crippen molar-refractivity contribution in [2.75, 3.05) is 25.0 Å². The van der Waals surface area contributed by atoms with E-state index in [1.54, 1.807) is 18.2 Å². The first kappa shape index (κ1) is 19.2. The zero-order valence-electron chi connectivity index (χ0n) is 13.1. The van der Waals surface area contributed by atoms with Crippen LogP contribution in [-0.2, 0) is 4.79 Å². The maximum absolute atomic E-state index is 12.0. The van der Waals surface area contributed by atoms with Crippen LogP contribution in [0.1, 0.15) is 19.8 Å². The number of para-hydroxylation sites is 2. The molecule has 23 heavy (non-hydrogen) atoms. The average molecular weight is 343 g/mol. The third kappa shape index (κ3) is 5.69. The van der Waals surface area contributed by atoms with E-state index in [0.717, 1.165) is 19.5 Å². The number of halogens is 1. The van der Waals surface area contributed by atoms with Gasteiger partial charge in [-0.05, 0) is 31.5 Å². The number of piperidine rings is 1. The molecule has 0 aromatic heterocycles. The summed E-state index contributed by atoms with van der Waals surface area (Å²) in [5, 5.41) is 20.2. The third-order valence-electron chi connectivity index (χ3n) is 3.90. The zero-order chi connectivity index (χ0) is 15.9. The highest BCUT2D eigenvalue weighted by molar-refractivity contribution is 5.85. The molecule has 1 aliphatic heterocycles. The number of carbonyl (C=O) groups is 1. The van der Waals surface area contributed by atoms with Crippen molar-refractivity contribution in [1.29, 1.82) is 0 Å². The van der Waals surface area contributed by atoms with Crippen molar-refractivity contribution in [3.05, 3.63) is 34.4 Å². The van der Waals surface area contributed by atoms with Crippen LogP contribution in [0.15, 0.2) is 24.3 Å². The van der Waals surface area contributed by atoms with E-state index >= 15 is 0 Å². The van der Waals surface area contributed by atoms with Crippen LogP contribution in [0.3, 0.4) is 0 Å². The molecule has 1 aromatic carbocycles. The van der Waals surface area contributed by atoms with Crippen molar-refractivity contribution >= 4 is 29.7 Å². The van der Waals surface area contributed by atoms with Gasteiger partial charge in [-0.2, -0.15) is 0 Å². The van der Waals surface area contributed by atoms with E-state index in [1.165, 1.54) is 6.07 Å². The second-order valence-electron chi connectivity index (χ2n) is 5.60. The highest BCUT2D eigenvalue weighted by atomic mass is 35.5. The molecule has 7 nitrogen and oxygen atoms in total. The number of nitrogens with one attached hydrogen (secondary N) is 3. The van der Waals surface area contributed by atoms with Crippen molar-refractivity contribution in [2.24, 2.45) is 5.92 Å². The molecule has 0 radical (unpaired) electrons. The molecule has 2 unspecified atom stereocenters.